The first-order chi connectivity index (χ1) is 10.1. The van der Waals surface area contributed by atoms with Gasteiger partial charge in [0, 0.05) is 38.2 Å². The fraction of sp³-hybridized carbons (Fsp3) is 0.467. The second-order valence-corrected chi connectivity index (χ2v) is 5.16. The maximum absolute atomic E-state index is 12.1. The predicted molar refractivity (Wildman–Crippen MR) is 80.0 cm³/mol. The van der Waals surface area contributed by atoms with Gasteiger partial charge in [-0.1, -0.05) is 0 Å². The zero-order chi connectivity index (χ0) is 15.2. The van der Waals surface area contributed by atoms with Crippen molar-refractivity contribution in [1.82, 2.24) is 4.90 Å². The summed E-state index contributed by atoms with van der Waals surface area (Å²) in [5.41, 5.74) is 6.06. The molecule has 3 N–H and O–H groups in total. The van der Waals surface area contributed by atoms with Crippen molar-refractivity contribution in [1.29, 1.82) is 0 Å². The first-order valence-corrected chi connectivity index (χ1v) is 7.08. The summed E-state index contributed by atoms with van der Waals surface area (Å²) in [4.78, 5) is 25.4. The molecule has 6 nitrogen and oxygen atoms in total. The highest BCUT2D eigenvalue weighted by molar-refractivity contribution is 5.95. The summed E-state index contributed by atoms with van der Waals surface area (Å²) in [5.74, 6) is 0.383. The van der Waals surface area contributed by atoms with Gasteiger partial charge in [0.1, 0.15) is 12.4 Å². The number of likely N-dealkylation sites (tertiary alicyclic amines) is 1. The van der Waals surface area contributed by atoms with Crippen molar-refractivity contribution in [2.24, 2.45) is 11.7 Å². The van der Waals surface area contributed by atoms with E-state index in [0.717, 1.165) is 0 Å². The van der Waals surface area contributed by atoms with Crippen molar-refractivity contribution < 1.29 is 14.3 Å². The number of rotatable bonds is 5. The number of nitrogens with zero attached hydrogens (tertiary/aromatic N) is 1. The van der Waals surface area contributed by atoms with Crippen LogP contribution in [0.15, 0.2) is 24.3 Å². The quantitative estimate of drug-likeness (QED) is 0.841. The number of carbonyl (C=O) groups is 2. The summed E-state index contributed by atoms with van der Waals surface area (Å²) in [6, 6.07) is 7.12. The van der Waals surface area contributed by atoms with Crippen LogP contribution in [-0.4, -0.2) is 43.5 Å². The average Bonchev–Trinajstić information content (AvgIpc) is 2.49. The second kappa shape index (κ2) is 7.08. The van der Waals surface area contributed by atoms with Gasteiger partial charge < -0.3 is 20.7 Å². The molecule has 1 fully saturated rings. The highest BCUT2D eigenvalue weighted by Crippen LogP contribution is 2.21. The average molecular weight is 291 g/mol. The lowest BCUT2D eigenvalue weighted by atomic mass is 9.95. The minimum Gasteiger partial charge on any atom is -0.492 e. The van der Waals surface area contributed by atoms with Crippen molar-refractivity contribution in [3.8, 4) is 5.75 Å². The Bertz CT molecular complexity index is 501. The molecule has 21 heavy (non-hydrogen) atoms. The normalized spacial score (nSPS) is 18.5. The third-order valence-electron chi connectivity index (χ3n) is 3.54. The molecule has 1 saturated heterocycles. The summed E-state index contributed by atoms with van der Waals surface area (Å²) < 4.78 is 5.37. The molecule has 2 rings (SSSR count). The van der Waals surface area contributed by atoms with Crippen LogP contribution in [0.3, 0.4) is 0 Å². The number of piperidine rings is 1. The van der Waals surface area contributed by atoms with E-state index in [0.29, 0.717) is 37.6 Å². The Balaban J connectivity index is 1.89. The lowest BCUT2D eigenvalue weighted by Gasteiger charge is -2.27. The minimum absolute atomic E-state index is 0.0203. The Morgan fingerprint density at radius 2 is 2.14 bits per heavy atom. The number of benzene rings is 1. The Morgan fingerprint density at radius 1 is 1.43 bits per heavy atom. The largest absolute Gasteiger partial charge is 0.492 e. The molecular weight excluding hydrogens is 270 g/mol. The van der Waals surface area contributed by atoms with Crippen LogP contribution in [0.4, 0.5) is 5.69 Å². The van der Waals surface area contributed by atoms with Crippen LogP contribution in [0.1, 0.15) is 12.8 Å². The molecule has 1 unspecified atom stereocenters. The molecule has 1 aliphatic rings. The van der Waals surface area contributed by atoms with Gasteiger partial charge in [-0.3, -0.25) is 9.59 Å². The van der Waals surface area contributed by atoms with Crippen LogP contribution in [0.2, 0.25) is 0 Å². The summed E-state index contributed by atoms with van der Waals surface area (Å²) in [7, 11) is 1.76. The van der Waals surface area contributed by atoms with Crippen LogP contribution in [-0.2, 0) is 9.59 Å². The lowest BCUT2D eigenvalue weighted by Crippen LogP contribution is -2.39. The van der Waals surface area contributed by atoms with Gasteiger partial charge in [0.2, 0.25) is 11.8 Å². The number of amides is 2. The zero-order valence-corrected chi connectivity index (χ0v) is 12.2. The van der Waals surface area contributed by atoms with Crippen LogP contribution < -0.4 is 15.8 Å². The van der Waals surface area contributed by atoms with Crippen molar-refractivity contribution in [3.63, 3.8) is 0 Å². The number of nitrogens with two attached hydrogens (primary N) is 1. The molecule has 0 saturated carbocycles. The van der Waals surface area contributed by atoms with E-state index in [9.17, 15) is 9.59 Å². The van der Waals surface area contributed by atoms with Gasteiger partial charge >= 0.3 is 0 Å². The SMILES string of the molecule is CN1CCC(C(=O)Nc2ccc(OCCN)cc2)CC1=O. The van der Waals surface area contributed by atoms with E-state index in [2.05, 4.69) is 5.32 Å². The smallest absolute Gasteiger partial charge is 0.228 e. The van der Waals surface area contributed by atoms with Crippen molar-refractivity contribution >= 4 is 17.5 Å². The zero-order valence-electron chi connectivity index (χ0n) is 12.2. The number of carbonyl (C=O) groups excluding carboxylic acids is 2. The van der Waals surface area contributed by atoms with E-state index in [4.69, 9.17) is 10.5 Å². The lowest BCUT2D eigenvalue weighted by molar-refractivity contribution is -0.137. The van der Waals surface area contributed by atoms with E-state index >= 15 is 0 Å². The van der Waals surface area contributed by atoms with Gasteiger partial charge in [0.15, 0.2) is 0 Å². The van der Waals surface area contributed by atoms with E-state index in [1.807, 2.05) is 0 Å². The molecule has 114 valence electrons. The standard InChI is InChI=1S/C15H21N3O3/c1-18-8-6-11(10-14(18)19)15(20)17-12-2-4-13(5-3-12)21-9-7-16/h2-5,11H,6-10,16H2,1H3,(H,17,20). The number of nitrogens with one attached hydrogen (secondary N) is 1. The van der Waals surface area contributed by atoms with Gasteiger partial charge in [-0.25, -0.2) is 0 Å². The highest BCUT2D eigenvalue weighted by atomic mass is 16.5. The molecule has 0 aliphatic carbocycles. The number of ether oxygens (including phenoxy) is 1. The molecular formula is C15H21N3O3. The highest BCUT2D eigenvalue weighted by Gasteiger charge is 2.28. The molecule has 2 amide bonds. The maximum Gasteiger partial charge on any atom is 0.228 e. The molecule has 1 atom stereocenters. The fourth-order valence-electron chi connectivity index (χ4n) is 2.22. The minimum atomic E-state index is -0.248. The first-order valence-electron chi connectivity index (χ1n) is 7.08. The summed E-state index contributed by atoms with van der Waals surface area (Å²) in [6.45, 7) is 1.55. The van der Waals surface area contributed by atoms with Crippen molar-refractivity contribution in [2.75, 3.05) is 32.1 Å². The van der Waals surface area contributed by atoms with Gasteiger partial charge in [0.25, 0.3) is 0 Å². The Hall–Kier alpha value is -2.08. The Labute approximate surface area is 124 Å². The number of hydrogen-bond donors (Lipinski definition) is 2. The third kappa shape index (κ3) is 4.19. The maximum atomic E-state index is 12.1. The molecule has 1 aromatic carbocycles. The summed E-state index contributed by atoms with van der Waals surface area (Å²) in [6.07, 6.45) is 0.978. The van der Waals surface area contributed by atoms with Crippen molar-refractivity contribution in [2.45, 2.75) is 12.8 Å². The third-order valence-corrected chi connectivity index (χ3v) is 3.54. The molecule has 1 heterocycles. The Kier molecular flexibility index (Phi) is 5.16. The topological polar surface area (TPSA) is 84.7 Å². The molecule has 0 bridgehead atoms. The molecule has 1 aliphatic heterocycles. The monoisotopic (exact) mass is 291 g/mol. The van der Waals surface area contributed by atoms with Crippen LogP contribution >= 0.6 is 0 Å². The van der Waals surface area contributed by atoms with Crippen molar-refractivity contribution in [3.05, 3.63) is 24.3 Å². The first kappa shape index (κ1) is 15.3. The van der Waals surface area contributed by atoms with Crippen LogP contribution in [0.25, 0.3) is 0 Å². The van der Waals surface area contributed by atoms with Gasteiger partial charge in [-0.15, -0.1) is 0 Å². The van der Waals surface area contributed by atoms with Crippen LogP contribution in [0.5, 0.6) is 5.75 Å². The molecule has 6 heteroatoms. The summed E-state index contributed by atoms with van der Waals surface area (Å²) in [5, 5.41) is 2.84. The van der Waals surface area contributed by atoms with E-state index in [1.54, 1.807) is 36.2 Å². The van der Waals surface area contributed by atoms with E-state index < -0.39 is 0 Å². The Morgan fingerprint density at radius 3 is 2.76 bits per heavy atom. The number of anilines is 1. The van der Waals surface area contributed by atoms with Gasteiger partial charge in [0.05, 0.1) is 0 Å². The van der Waals surface area contributed by atoms with Crippen LogP contribution in [0, 0.1) is 5.92 Å². The molecule has 0 aromatic heterocycles. The van der Waals surface area contributed by atoms with E-state index in [-0.39, 0.29) is 24.2 Å². The second-order valence-electron chi connectivity index (χ2n) is 5.16. The summed E-state index contributed by atoms with van der Waals surface area (Å²) >= 11 is 0. The van der Waals surface area contributed by atoms with Gasteiger partial charge in [-0.2, -0.15) is 0 Å². The molecule has 0 spiro atoms. The van der Waals surface area contributed by atoms with Gasteiger partial charge in [-0.05, 0) is 30.7 Å². The molecule has 1 aromatic rings. The fourth-order valence-corrected chi connectivity index (χ4v) is 2.22. The number of hydrogen-bond acceptors (Lipinski definition) is 4. The van der Waals surface area contributed by atoms with E-state index in [1.165, 1.54) is 0 Å². The molecule has 0 radical (unpaired) electrons. The predicted octanol–water partition coefficient (Wildman–Crippen LogP) is 0.831.